The SMILES string of the molecule is C[C@@H](OC[C@@]1(c2ccccc2)CC[C@]2(CN1)NC(=O)N(CCNS(C)(=O)=O)C2=O)c1cc(CF)cc(C(F)(F)F)c1. The van der Waals surface area contributed by atoms with Gasteiger partial charge in [-0.2, -0.15) is 13.2 Å². The lowest BCUT2D eigenvalue weighted by Gasteiger charge is -2.45. The van der Waals surface area contributed by atoms with Crippen LogP contribution in [-0.2, 0) is 37.9 Å². The smallest absolute Gasteiger partial charge is 0.372 e. The van der Waals surface area contributed by atoms with Gasteiger partial charge in [-0.05, 0) is 48.6 Å². The van der Waals surface area contributed by atoms with E-state index in [1.54, 1.807) is 6.92 Å². The molecule has 3 atom stereocenters. The van der Waals surface area contributed by atoms with E-state index in [0.29, 0.717) is 6.42 Å². The Morgan fingerprint density at radius 3 is 2.41 bits per heavy atom. The van der Waals surface area contributed by atoms with E-state index in [4.69, 9.17) is 4.74 Å². The molecule has 3 amide bonds. The minimum absolute atomic E-state index is 0.0135. The van der Waals surface area contributed by atoms with Gasteiger partial charge in [-0.1, -0.05) is 36.4 Å². The molecule has 4 rings (SSSR count). The van der Waals surface area contributed by atoms with E-state index in [1.165, 1.54) is 6.07 Å². The van der Waals surface area contributed by atoms with Crippen LogP contribution >= 0.6 is 0 Å². The highest BCUT2D eigenvalue weighted by atomic mass is 32.2. The van der Waals surface area contributed by atoms with E-state index in [-0.39, 0.29) is 43.8 Å². The molecule has 2 aliphatic rings. The minimum Gasteiger partial charge on any atom is -0.372 e. The van der Waals surface area contributed by atoms with Gasteiger partial charge in [-0.15, -0.1) is 0 Å². The maximum atomic E-state index is 13.4. The molecule has 0 saturated carbocycles. The van der Waals surface area contributed by atoms with Gasteiger partial charge in [0.05, 0.1) is 30.1 Å². The number of piperidine rings is 1. The lowest BCUT2D eigenvalue weighted by molar-refractivity contribution is -0.138. The molecule has 0 aromatic heterocycles. The van der Waals surface area contributed by atoms with Gasteiger partial charge < -0.3 is 15.4 Å². The second-order valence-electron chi connectivity index (χ2n) is 10.5. The number of hydrogen-bond donors (Lipinski definition) is 3. The average molecular weight is 601 g/mol. The lowest BCUT2D eigenvalue weighted by Crippen LogP contribution is -2.64. The summed E-state index contributed by atoms with van der Waals surface area (Å²) in [6, 6.07) is 11.6. The molecule has 41 heavy (non-hydrogen) atoms. The number of carbonyl (C=O) groups excluding carboxylic acids is 2. The van der Waals surface area contributed by atoms with Gasteiger partial charge in [-0.25, -0.2) is 22.3 Å². The first kappa shape index (κ1) is 30.9. The number of nitrogens with one attached hydrogen (secondary N) is 3. The van der Waals surface area contributed by atoms with E-state index >= 15 is 0 Å². The topological polar surface area (TPSA) is 117 Å². The quantitative estimate of drug-likeness (QED) is 0.285. The number of ether oxygens (including phenoxy) is 1. The highest BCUT2D eigenvalue weighted by molar-refractivity contribution is 7.88. The van der Waals surface area contributed by atoms with E-state index in [1.807, 2.05) is 30.3 Å². The normalized spacial score (nSPS) is 24.1. The van der Waals surface area contributed by atoms with Crippen molar-refractivity contribution in [1.82, 2.24) is 20.3 Å². The van der Waals surface area contributed by atoms with Crippen LogP contribution in [0.3, 0.4) is 0 Å². The molecule has 2 saturated heterocycles. The maximum absolute atomic E-state index is 13.4. The zero-order chi connectivity index (χ0) is 30.1. The predicted octanol–water partition coefficient (Wildman–Crippen LogP) is 3.37. The third kappa shape index (κ3) is 6.88. The molecule has 0 radical (unpaired) electrons. The first-order valence-corrected chi connectivity index (χ1v) is 14.9. The Bertz CT molecular complexity index is 1380. The Morgan fingerprint density at radius 2 is 1.83 bits per heavy atom. The molecule has 3 N–H and O–H groups in total. The summed E-state index contributed by atoms with van der Waals surface area (Å²) in [6.07, 6.45) is -3.93. The number of imide groups is 1. The summed E-state index contributed by atoms with van der Waals surface area (Å²) in [7, 11) is -3.50. The Balaban J connectivity index is 1.51. The van der Waals surface area contributed by atoms with Crippen molar-refractivity contribution in [2.45, 2.75) is 49.8 Å². The Hall–Kier alpha value is -3.07. The van der Waals surface area contributed by atoms with Crippen molar-refractivity contribution >= 4 is 22.0 Å². The third-order valence-corrected chi connectivity index (χ3v) is 8.25. The zero-order valence-electron chi connectivity index (χ0n) is 22.6. The Kier molecular flexibility index (Phi) is 8.79. The number of hydrogen-bond acceptors (Lipinski definition) is 6. The predicted molar refractivity (Wildman–Crippen MR) is 142 cm³/mol. The molecule has 1 spiro atoms. The van der Waals surface area contributed by atoms with Crippen LogP contribution in [0.4, 0.5) is 22.4 Å². The summed E-state index contributed by atoms with van der Waals surface area (Å²) < 4.78 is 84.6. The zero-order valence-corrected chi connectivity index (χ0v) is 23.4. The second kappa shape index (κ2) is 11.7. The number of benzene rings is 2. The fourth-order valence-electron chi connectivity index (χ4n) is 5.20. The molecule has 0 unspecified atom stereocenters. The summed E-state index contributed by atoms with van der Waals surface area (Å²) >= 11 is 0. The van der Waals surface area contributed by atoms with Gasteiger partial charge >= 0.3 is 12.2 Å². The molecule has 0 bridgehead atoms. The number of rotatable bonds is 10. The molecule has 0 aliphatic carbocycles. The summed E-state index contributed by atoms with van der Waals surface area (Å²) in [6.45, 7) is 0.323. The van der Waals surface area contributed by atoms with E-state index in [0.717, 1.165) is 28.9 Å². The van der Waals surface area contributed by atoms with E-state index in [2.05, 4.69) is 15.4 Å². The minimum atomic E-state index is -4.64. The molecular formula is C27H32F4N4O5S. The highest BCUT2D eigenvalue weighted by Gasteiger charge is 2.55. The number of sulfonamides is 1. The van der Waals surface area contributed by atoms with Gasteiger partial charge in [0.25, 0.3) is 5.91 Å². The van der Waals surface area contributed by atoms with Gasteiger partial charge in [0, 0.05) is 19.6 Å². The molecule has 2 aromatic carbocycles. The molecule has 2 aliphatic heterocycles. The van der Waals surface area contributed by atoms with Crippen LogP contribution in [0.5, 0.6) is 0 Å². The first-order chi connectivity index (χ1) is 19.2. The molecular weight excluding hydrogens is 568 g/mol. The van der Waals surface area contributed by atoms with Crippen LogP contribution in [0, 0.1) is 0 Å². The number of halogens is 4. The largest absolute Gasteiger partial charge is 0.416 e. The van der Waals surface area contributed by atoms with Crippen LogP contribution in [0.25, 0.3) is 0 Å². The first-order valence-electron chi connectivity index (χ1n) is 13.0. The second-order valence-corrected chi connectivity index (χ2v) is 12.3. The van der Waals surface area contributed by atoms with Crippen molar-refractivity contribution in [3.05, 3.63) is 70.8 Å². The molecule has 9 nitrogen and oxygen atoms in total. The van der Waals surface area contributed by atoms with Crippen molar-refractivity contribution in [3.63, 3.8) is 0 Å². The number of urea groups is 1. The van der Waals surface area contributed by atoms with Crippen molar-refractivity contribution < 1.29 is 40.3 Å². The number of alkyl halides is 4. The van der Waals surface area contributed by atoms with Crippen molar-refractivity contribution in [1.29, 1.82) is 0 Å². The maximum Gasteiger partial charge on any atom is 0.416 e. The third-order valence-electron chi connectivity index (χ3n) is 7.52. The van der Waals surface area contributed by atoms with Crippen LogP contribution < -0.4 is 15.4 Å². The van der Waals surface area contributed by atoms with Crippen LogP contribution in [0.15, 0.2) is 48.5 Å². The van der Waals surface area contributed by atoms with Crippen LogP contribution in [0.2, 0.25) is 0 Å². The van der Waals surface area contributed by atoms with Crippen molar-refractivity contribution in [3.8, 4) is 0 Å². The van der Waals surface area contributed by atoms with Gasteiger partial charge in [-0.3, -0.25) is 9.69 Å². The standard InChI is InChI=1S/C27H32F4N4O5S/c1-18(20-12-19(15-28)13-22(14-20)27(29,30)31)40-17-26(21-6-4-3-5-7-21)9-8-25(16-32-26)23(36)35(24(37)34-25)11-10-33-41(2,38)39/h3-7,12-14,18,32-33H,8-11,15-17H2,1-2H3,(H,34,37)/t18-,25-,26-/m1/s1. The number of carbonyl (C=O) groups is 2. The Morgan fingerprint density at radius 1 is 1.12 bits per heavy atom. The lowest BCUT2D eigenvalue weighted by atomic mass is 9.76. The molecule has 2 fully saturated rings. The van der Waals surface area contributed by atoms with Crippen LogP contribution in [0.1, 0.15) is 48.1 Å². The van der Waals surface area contributed by atoms with E-state index in [9.17, 15) is 35.6 Å². The van der Waals surface area contributed by atoms with Gasteiger partial charge in [0.1, 0.15) is 12.2 Å². The summed E-state index contributed by atoms with van der Waals surface area (Å²) in [4.78, 5) is 26.9. The number of nitrogens with zero attached hydrogens (tertiary/aromatic N) is 1. The molecule has 2 aromatic rings. The molecule has 224 valence electrons. The average Bonchev–Trinajstić information content (AvgIpc) is 3.15. The van der Waals surface area contributed by atoms with Gasteiger partial charge in [0.15, 0.2) is 0 Å². The molecule has 14 heteroatoms. The fourth-order valence-corrected chi connectivity index (χ4v) is 5.66. The van der Waals surface area contributed by atoms with Crippen molar-refractivity contribution in [2.24, 2.45) is 0 Å². The van der Waals surface area contributed by atoms with E-state index < -0.39 is 57.6 Å². The summed E-state index contributed by atoms with van der Waals surface area (Å²) in [5.41, 5.74) is -2.15. The fraction of sp³-hybridized carbons (Fsp3) is 0.481. The monoisotopic (exact) mass is 600 g/mol. The summed E-state index contributed by atoms with van der Waals surface area (Å²) in [5.74, 6) is -0.482. The van der Waals surface area contributed by atoms with Gasteiger partial charge in [0.2, 0.25) is 10.0 Å². The highest BCUT2D eigenvalue weighted by Crippen LogP contribution is 2.39. The molecule has 2 heterocycles. The summed E-state index contributed by atoms with van der Waals surface area (Å²) in [5, 5.41) is 6.10. The van der Waals surface area contributed by atoms with Crippen LogP contribution in [-0.4, -0.2) is 63.3 Å². The van der Waals surface area contributed by atoms with Crippen molar-refractivity contribution in [2.75, 3.05) is 32.5 Å². The Labute approximate surface area is 235 Å². The number of amides is 3.